The van der Waals surface area contributed by atoms with E-state index in [1.165, 1.54) is 56.1 Å². The molecule has 0 spiro atoms. The molecule has 2 aliphatic heterocycles. The van der Waals surface area contributed by atoms with Crippen LogP contribution >= 0.6 is 0 Å². The van der Waals surface area contributed by atoms with Gasteiger partial charge in [-0.1, -0.05) is 42.8 Å². The third-order valence-electron chi connectivity index (χ3n) is 6.22. The Kier molecular flexibility index (Phi) is 4.96. The van der Waals surface area contributed by atoms with Crippen molar-refractivity contribution >= 4 is 16.7 Å². The number of piperidine rings is 1. The van der Waals surface area contributed by atoms with E-state index in [1.807, 2.05) is 12.3 Å². The average Bonchev–Trinajstić information content (AvgIpc) is 3.23. The van der Waals surface area contributed by atoms with Crippen molar-refractivity contribution in [2.45, 2.75) is 25.7 Å². The van der Waals surface area contributed by atoms with Gasteiger partial charge in [0, 0.05) is 31.4 Å². The second-order valence-corrected chi connectivity index (χ2v) is 8.27. The van der Waals surface area contributed by atoms with E-state index in [9.17, 15) is 0 Å². The molecule has 0 radical (unpaired) electrons. The fourth-order valence-corrected chi connectivity index (χ4v) is 4.68. The molecule has 0 unspecified atom stereocenters. The number of benzene rings is 2. The van der Waals surface area contributed by atoms with Gasteiger partial charge in [0.2, 0.25) is 5.95 Å². The van der Waals surface area contributed by atoms with Crippen LogP contribution in [0.4, 0.5) is 5.95 Å². The number of hydrogen-bond acceptors (Lipinski definition) is 4. The molecule has 144 valence electrons. The molecule has 3 heterocycles. The summed E-state index contributed by atoms with van der Waals surface area (Å²) in [5.41, 5.74) is 2.17. The number of anilines is 1. The second-order valence-electron chi connectivity index (χ2n) is 8.27. The van der Waals surface area contributed by atoms with E-state index in [2.05, 4.69) is 57.2 Å². The zero-order chi connectivity index (χ0) is 18.8. The summed E-state index contributed by atoms with van der Waals surface area (Å²) in [6.45, 7) is 5.95. The zero-order valence-corrected chi connectivity index (χ0v) is 16.4. The van der Waals surface area contributed by atoms with Gasteiger partial charge in [0.15, 0.2) is 0 Å². The predicted octanol–water partition coefficient (Wildman–Crippen LogP) is 4.61. The lowest BCUT2D eigenvalue weighted by Gasteiger charge is -2.29. The molecule has 0 bridgehead atoms. The minimum Gasteiger partial charge on any atom is -0.340 e. The van der Waals surface area contributed by atoms with Gasteiger partial charge in [0.1, 0.15) is 0 Å². The van der Waals surface area contributed by atoms with E-state index >= 15 is 0 Å². The maximum absolute atomic E-state index is 4.91. The molecule has 28 heavy (non-hydrogen) atoms. The molecule has 1 aromatic heterocycles. The Hall–Kier alpha value is -2.46. The topological polar surface area (TPSA) is 32.3 Å². The molecule has 0 N–H and O–H groups in total. The maximum Gasteiger partial charge on any atom is 0.225 e. The largest absolute Gasteiger partial charge is 0.340 e. The van der Waals surface area contributed by atoms with Gasteiger partial charge in [-0.3, -0.25) is 0 Å². The minimum atomic E-state index is 0.742. The highest BCUT2D eigenvalue weighted by atomic mass is 15.3. The molecular weight excluding hydrogens is 344 g/mol. The van der Waals surface area contributed by atoms with Crippen molar-refractivity contribution in [3.05, 3.63) is 54.7 Å². The molecule has 1 atom stereocenters. The highest BCUT2D eigenvalue weighted by molar-refractivity contribution is 5.86. The number of aromatic nitrogens is 2. The molecule has 2 aromatic carbocycles. The van der Waals surface area contributed by atoms with Crippen molar-refractivity contribution in [2.75, 3.05) is 37.6 Å². The molecule has 2 fully saturated rings. The summed E-state index contributed by atoms with van der Waals surface area (Å²) in [7, 11) is 0. The first-order valence-electron chi connectivity index (χ1n) is 10.6. The number of hydrogen-bond donors (Lipinski definition) is 0. The molecule has 0 saturated carbocycles. The number of nitrogens with zero attached hydrogens (tertiary/aromatic N) is 4. The Morgan fingerprint density at radius 3 is 2.64 bits per heavy atom. The van der Waals surface area contributed by atoms with Crippen LogP contribution in [0.1, 0.15) is 25.7 Å². The van der Waals surface area contributed by atoms with Crippen molar-refractivity contribution in [1.82, 2.24) is 14.9 Å². The van der Waals surface area contributed by atoms with Gasteiger partial charge in [-0.2, -0.15) is 0 Å². The number of fused-ring (bicyclic) bond motifs is 1. The van der Waals surface area contributed by atoms with Crippen LogP contribution in [0.15, 0.2) is 54.7 Å². The quantitative estimate of drug-likeness (QED) is 0.669. The molecule has 4 heteroatoms. The smallest absolute Gasteiger partial charge is 0.225 e. The molecular formula is C24H28N4. The molecule has 2 saturated heterocycles. The van der Waals surface area contributed by atoms with Crippen LogP contribution in [0.2, 0.25) is 0 Å². The van der Waals surface area contributed by atoms with E-state index in [1.54, 1.807) is 0 Å². The third-order valence-corrected chi connectivity index (χ3v) is 6.22. The maximum atomic E-state index is 4.91. The summed E-state index contributed by atoms with van der Waals surface area (Å²) in [5, 5.41) is 2.52. The molecule has 0 aliphatic carbocycles. The molecule has 3 aromatic rings. The summed E-state index contributed by atoms with van der Waals surface area (Å²) in [4.78, 5) is 14.5. The number of rotatable bonds is 4. The Labute approximate surface area is 167 Å². The molecule has 4 nitrogen and oxygen atoms in total. The summed E-state index contributed by atoms with van der Waals surface area (Å²) in [6, 6.07) is 17.1. The van der Waals surface area contributed by atoms with Gasteiger partial charge in [0.05, 0.1) is 5.69 Å². The summed E-state index contributed by atoms with van der Waals surface area (Å²) in [5.74, 6) is 1.62. The fourth-order valence-electron chi connectivity index (χ4n) is 4.68. The molecule has 0 amide bonds. The average molecular weight is 373 g/mol. The number of likely N-dealkylation sites (tertiary alicyclic amines) is 1. The summed E-state index contributed by atoms with van der Waals surface area (Å²) < 4.78 is 0. The van der Waals surface area contributed by atoms with E-state index in [0.29, 0.717) is 0 Å². The van der Waals surface area contributed by atoms with Gasteiger partial charge in [0.25, 0.3) is 0 Å². The lowest BCUT2D eigenvalue weighted by Crippen LogP contribution is -2.35. The van der Waals surface area contributed by atoms with Gasteiger partial charge in [-0.25, -0.2) is 9.97 Å². The first-order valence-corrected chi connectivity index (χ1v) is 10.6. The lowest BCUT2D eigenvalue weighted by atomic mass is 10.1. The third kappa shape index (κ3) is 3.74. The van der Waals surface area contributed by atoms with Crippen LogP contribution in [-0.2, 0) is 0 Å². The van der Waals surface area contributed by atoms with Crippen molar-refractivity contribution in [1.29, 1.82) is 0 Å². The first kappa shape index (κ1) is 17.6. The van der Waals surface area contributed by atoms with Gasteiger partial charge < -0.3 is 9.80 Å². The molecule has 5 rings (SSSR count). The van der Waals surface area contributed by atoms with Crippen molar-refractivity contribution in [3.63, 3.8) is 0 Å². The molecule has 2 aliphatic rings. The van der Waals surface area contributed by atoms with Crippen LogP contribution in [0.5, 0.6) is 0 Å². The Bertz CT molecular complexity index is 948. The summed E-state index contributed by atoms with van der Waals surface area (Å²) >= 11 is 0. The van der Waals surface area contributed by atoms with E-state index in [4.69, 9.17) is 4.98 Å². The zero-order valence-electron chi connectivity index (χ0n) is 16.4. The standard InChI is InChI=1S/C24H28N4/c1-4-13-27(14-5-1)17-19-11-15-28(18-19)24-25-12-10-23(26-24)22-9-8-20-6-2-3-7-21(20)16-22/h2-3,6-10,12,16,19H,1,4-5,11,13-15,17-18H2/t19-/m0/s1. The lowest BCUT2D eigenvalue weighted by molar-refractivity contribution is 0.201. The van der Waals surface area contributed by atoms with Crippen LogP contribution in [-0.4, -0.2) is 47.6 Å². The fraction of sp³-hybridized carbons (Fsp3) is 0.417. The highest BCUT2D eigenvalue weighted by Crippen LogP contribution is 2.27. The van der Waals surface area contributed by atoms with Crippen LogP contribution < -0.4 is 4.90 Å². The van der Waals surface area contributed by atoms with Crippen molar-refractivity contribution in [3.8, 4) is 11.3 Å². The van der Waals surface area contributed by atoms with Gasteiger partial charge >= 0.3 is 0 Å². The minimum absolute atomic E-state index is 0.742. The predicted molar refractivity (Wildman–Crippen MR) is 116 cm³/mol. The van der Waals surface area contributed by atoms with E-state index in [-0.39, 0.29) is 0 Å². The Balaban J connectivity index is 1.31. The van der Waals surface area contributed by atoms with Crippen molar-refractivity contribution in [2.24, 2.45) is 5.92 Å². The van der Waals surface area contributed by atoms with Crippen molar-refractivity contribution < 1.29 is 0 Å². The first-order chi connectivity index (χ1) is 13.8. The highest BCUT2D eigenvalue weighted by Gasteiger charge is 2.26. The van der Waals surface area contributed by atoms with Gasteiger partial charge in [-0.05, 0) is 61.2 Å². The monoisotopic (exact) mass is 372 g/mol. The summed E-state index contributed by atoms with van der Waals surface area (Å²) in [6.07, 6.45) is 7.30. The van der Waals surface area contributed by atoms with E-state index < -0.39 is 0 Å². The van der Waals surface area contributed by atoms with Crippen LogP contribution in [0, 0.1) is 5.92 Å². The van der Waals surface area contributed by atoms with E-state index in [0.717, 1.165) is 36.2 Å². The van der Waals surface area contributed by atoms with Crippen LogP contribution in [0.3, 0.4) is 0 Å². The second kappa shape index (κ2) is 7.88. The Morgan fingerprint density at radius 2 is 1.75 bits per heavy atom. The SMILES string of the molecule is c1ccc2cc(-c3ccnc(N4CC[C@@H](CN5CCCCC5)C4)n3)ccc2c1. The normalized spacial score (nSPS) is 20.7. The van der Waals surface area contributed by atoms with Crippen LogP contribution in [0.25, 0.3) is 22.0 Å². The van der Waals surface area contributed by atoms with Gasteiger partial charge in [-0.15, -0.1) is 0 Å². The Morgan fingerprint density at radius 1 is 0.893 bits per heavy atom.